The molecule has 0 spiro atoms. The van der Waals surface area contributed by atoms with Crippen molar-refractivity contribution in [1.29, 1.82) is 0 Å². The van der Waals surface area contributed by atoms with E-state index in [1.165, 1.54) is 19.3 Å². The van der Waals surface area contributed by atoms with Crippen molar-refractivity contribution in [3.05, 3.63) is 29.6 Å². The summed E-state index contributed by atoms with van der Waals surface area (Å²) in [5.74, 6) is -0.539. The van der Waals surface area contributed by atoms with Gasteiger partial charge in [0.2, 0.25) is 0 Å². The first-order valence-electron chi connectivity index (χ1n) is 10.6. The van der Waals surface area contributed by atoms with Crippen LogP contribution in [0.25, 0.3) is 11.0 Å². The van der Waals surface area contributed by atoms with Crippen LogP contribution in [0.5, 0.6) is 0 Å². The molecule has 1 aromatic carbocycles. The molecule has 3 amide bonds. The largest absolute Gasteiger partial charge is 0.338 e. The second-order valence-corrected chi connectivity index (χ2v) is 8.17. The van der Waals surface area contributed by atoms with Gasteiger partial charge >= 0.3 is 6.03 Å². The number of benzene rings is 1. The van der Waals surface area contributed by atoms with Gasteiger partial charge in [-0.25, -0.2) is 18.6 Å². The van der Waals surface area contributed by atoms with Gasteiger partial charge in [0.15, 0.2) is 5.82 Å². The summed E-state index contributed by atoms with van der Waals surface area (Å²) in [5, 5.41) is 6.09. The molecule has 1 aliphatic carbocycles. The summed E-state index contributed by atoms with van der Waals surface area (Å²) in [6, 6.07) is 4.95. The second-order valence-electron chi connectivity index (χ2n) is 8.17. The Morgan fingerprint density at radius 3 is 2.37 bits per heavy atom. The lowest BCUT2D eigenvalue weighted by Gasteiger charge is -2.33. The molecule has 2 heterocycles. The summed E-state index contributed by atoms with van der Waals surface area (Å²) in [6.07, 6.45) is 4.35. The zero-order valence-electron chi connectivity index (χ0n) is 16.8. The molecule has 1 aliphatic heterocycles. The van der Waals surface area contributed by atoms with Crippen LogP contribution in [0.2, 0.25) is 0 Å². The Morgan fingerprint density at radius 1 is 1.03 bits per heavy atom. The maximum atomic E-state index is 12.8. The van der Waals surface area contributed by atoms with Gasteiger partial charge in [0.25, 0.3) is 12.3 Å². The number of likely N-dealkylation sites (tertiary alicyclic amines) is 1. The van der Waals surface area contributed by atoms with Gasteiger partial charge < -0.3 is 20.5 Å². The van der Waals surface area contributed by atoms with Crippen LogP contribution in [-0.4, -0.2) is 52.0 Å². The summed E-state index contributed by atoms with van der Waals surface area (Å²) in [5.41, 5.74) is 1.27. The first-order chi connectivity index (χ1) is 14.5. The van der Waals surface area contributed by atoms with Crippen molar-refractivity contribution in [3.8, 4) is 0 Å². The summed E-state index contributed by atoms with van der Waals surface area (Å²) in [6.45, 7) is 1.08. The maximum Gasteiger partial charge on any atom is 0.315 e. The molecule has 2 fully saturated rings. The van der Waals surface area contributed by atoms with Gasteiger partial charge in [-0.05, 0) is 43.9 Å². The lowest BCUT2D eigenvalue weighted by atomic mass is 9.96. The van der Waals surface area contributed by atoms with E-state index in [1.807, 2.05) is 0 Å². The van der Waals surface area contributed by atoms with E-state index < -0.39 is 12.2 Å². The van der Waals surface area contributed by atoms with E-state index in [9.17, 15) is 18.4 Å². The molecular weight excluding hydrogens is 392 g/mol. The zero-order valence-corrected chi connectivity index (χ0v) is 16.8. The lowest BCUT2D eigenvalue weighted by molar-refractivity contribution is 0.0708. The smallest absolute Gasteiger partial charge is 0.315 e. The first-order valence-corrected chi connectivity index (χ1v) is 10.6. The normalized spacial score (nSPS) is 18.7. The van der Waals surface area contributed by atoms with Crippen LogP contribution in [0.3, 0.4) is 0 Å². The summed E-state index contributed by atoms with van der Waals surface area (Å²) >= 11 is 0. The van der Waals surface area contributed by atoms with Crippen LogP contribution in [0, 0.1) is 0 Å². The average molecular weight is 419 g/mol. The van der Waals surface area contributed by atoms with Crippen LogP contribution >= 0.6 is 0 Å². The quantitative estimate of drug-likeness (QED) is 0.705. The van der Waals surface area contributed by atoms with Crippen LogP contribution in [0.4, 0.5) is 13.6 Å². The van der Waals surface area contributed by atoms with Crippen LogP contribution < -0.4 is 10.6 Å². The number of urea groups is 1. The number of H-pyrrole nitrogens is 1. The van der Waals surface area contributed by atoms with Crippen molar-refractivity contribution in [3.63, 3.8) is 0 Å². The summed E-state index contributed by atoms with van der Waals surface area (Å²) < 4.78 is 25.6. The van der Waals surface area contributed by atoms with Crippen molar-refractivity contribution >= 4 is 23.0 Å². The predicted molar refractivity (Wildman–Crippen MR) is 109 cm³/mol. The van der Waals surface area contributed by atoms with E-state index in [0.717, 1.165) is 12.8 Å². The Bertz CT molecular complexity index is 902. The fraction of sp³-hybridized carbons (Fsp3) is 0.571. The number of imidazole rings is 1. The zero-order chi connectivity index (χ0) is 21.1. The number of carbonyl (C=O) groups excluding carboxylic acids is 2. The topological polar surface area (TPSA) is 90.1 Å². The van der Waals surface area contributed by atoms with E-state index in [4.69, 9.17) is 0 Å². The number of amides is 3. The van der Waals surface area contributed by atoms with Gasteiger partial charge in [-0.15, -0.1) is 0 Å². The van der Waals surface area contributed by atoms with E-state index in [1.54, 1.807) is 23.1 Å². The van der Waals surface area contributed by atoms with Crippen molar-refractivity contribution in [1.82, 2.24) is 25.5 Å². The van der Waals surface area contributed by atoms with Crippen molar-refractivity contribution in [2.75, 3.05) is 13.1 Å². The molecular formula is C21H27F2N5O2. The standard InChI is InChI=1S/C21H27F2N5O2/c22-18(23)19-26-16-7-6-13(12-17(16)27-19)20(29)28-10-8-15(9-11-28)25-21(30)24-14-4-2-1-3-5-14/h6-7,12,14-15,18H,1-5,8-11H2,(H,26,27)(H2,24,25,30). The highest BCUT2D eigenvalue weighted by Gasteiger charge is 2.26. The summed E-state index contributed by atoms with van der Waals surface area (Å²) in [7, 11) is 0. The van der Waals surface area contributed by atoms with E-state index >= 15 is 0 Å². The SMILES string of the molecule is O=C(NC1CCCCC1)NC1CCN(C(=O)c2ccc3nc(C(F)F)[nH]c3c2)CC1. The monoisotopic (exact) mass is 419 g/mol. The van der Waals surface area contributed by atoms with Crippen molar-refractivity contribution in [2.45, 2.75) is 63.5 Å². The Balaban J connectivity index is 1.29. The number of aromatic amines is 1. The Kier molecular flexibility index (Phi) is 6.15. The van der Waals surface area contributed by atoms with Gasteiger partial charge in [-0.3, -0.25) is 4.79 Å². The number of fused-ring (bicyclic) bond motifs is 1. The molecule has 7 nitrogen and oxygen atoms in total. The van der Waals surface area contributed by atoms with E-state index in [2.05, 4.69) is 20.6 Å². The number of alkyl halides is 2. The molecule has 2 aromatic rings. The van der Waals surface area contributed by atoms with Gasteiger partial charge in [0.1, 0.15) is 0 Å². The molecule has 9 heteroatoms. The van der Waals surface area contributed by atoms with E-state index in [0.29, 0.717) is 42.5 Å². The Labute approximate surface area is 173 Å². The summed E-state index contributed by atoms with van der Waals surface area (Å²) in [4.78, 5) is 33.2. The molecule has 1 saturated carbocycles. The van der Waals surface area contributed by atoms with Crippen LogP contribution in [0.15, 0.2) is 18.2 Å². The first kappa shape index (κ1) is 20.6. The number of nitrogens with zero attached hydrogens (tertiary/aromatic N) is 2. The Hall–Kier alpha value is -2.71. The number of hydrogen-bond acceptors (Lipinski definition) is 3. The third kappa shape index (κ3) is 4.71. The molecule has 162 valence electrons. The number of hydrogen-bond donors (Lipinski definition) is 3. The fourth-order valence-corrected chi connectivity index (χ4v) is 4.33. The molecule has 0 radical (unpaired) electrons. The minimum absolute atomic E-state index is 0.0429. The van der Waals surface area contributed by atoms with Crippen molar-refractivity contribution < 1.29 is 18.4 Å². The highest BCUT2D eigenvalue weighted by atomic mass is 19.3. The molecule has 3 N–H and O–H groups in total. The molecule has 2 aliphatic rings. The van der Waals surface area contributed by atoms with Gasteiger partial charge in [-0.2, -0.15) is 0 Å². The molecule has 0 unspecified atom stereocenters. The highest BCUT2D eigenvalue weighted by molar-refractivity contribution is 5.97. The van der Waals surface area contributed by atoms with E-state index in [-0.39, 0.29) is 24.0 Å². The molecule has 1 saturated heterocycles. The second kappa shape index (κ2) is 8.97. The molecule has 4 rings (SSSR count). The molecule has 0 bridgehead atoms. The Morgan fingerprint density at radius 2 is 1.70 bits per heavy atom. The minimum Gasteiger partial charge on any atom is -0.338 e. The lowest BCUT2D eigenvalue weighted by Crippen LogP contribution is -2.51. The number of carbonyl (C=O) groups is 2. The van der Waals surface area contributed by atoms with Gasteiger partial charge in [0.05, 0.1) is 11.0 Å². The van der Waals surface area contributed by atoms with Crippen LogP contribution in [0.1, 0.15) is 67.6 Å². The molecule has 0 atom stereocenters. The molecule has 1 aromatic heterocycles. The number of rotatable bonds is 4. The number of aromatic nitrogens is 2. The predicted octanol–water partition coefficient (Wildman–Crippen LogP) is 3.74. The fourth-order valence-electron chi connectivity index (χ4n) is 4.33. The number of nitrogens with one attached hydrogen (secondary N) is 3. The average Bonchev–Trinajstić information content (AvgIpc) is 3.18. The van der Waals surface area contributed by atoms with Gasteiger partial charge in [0, 0.05) is 30.7 Å². The maximum absolute atomic E-state index is 12.8. The highest BCUT2D eigenvalue weighted by Crippen LogP contribution is 2.22. The number of halogens is 2. The third-order valence-corrected chi connectivity index (χ3v) is 6.01. The minimum atomic E-state index is -2.68. The van der Waals surface area contributed by atoms with Crippen molar-refractivity contribution in [2.24, 2.45) is 0 Å². The van der Waals surface area contributed by atoms with Gasteiger partial charge in [-0.1, -0.05) is 19.3 Å². The molecule has 30 heavy (non-hydrogen) atoms. The third-order valence-electron chi connectivity index (χ3n) is 6.01. The van der Waals surface area contributed by atoms with Crippen LogP contribution in [-0.2, 0) is 0 Å². The number of piperidine rings is 1.